The van der Waals surface area contributed by atoms with Crippen molar-refractivity contribution < 1.29 is 0 Å². The van der Waals surface area contributed by atoms with Crippen molar-refractivity contribution in [2.75, 3.05) is 0 Å². The Kier molecular flexibility index (Phi) is 5.44. The molecule has 188 valence electrons. The predicted molar refractivity (Wildman–Crippen MR) is 172 cm³/mol. The number of hydrogen-bond donors (Lipinski definition) is 0. The van der Waals surface area contributed by atoms with E-state index in [1.165, 1.54) is 54.1 Å². The van der Waals surface area contributed by atoms with E-state index in [0.29, 0.717) is 0 Å². The molecule has 0 aliphatic rings. The van der Waals surface area contributed by atoms with Gasteiger partial charge in [0.1, 0.15) is 16.1 Å². The zero-order chi connectivity index (χ0) is 27.0. The van der Waals surface area contributed by atoms with Gasteiger partial charge in [0.15, 0.2) is 0 Å². The minimum absolute atomic E-state index is 1.09. The summed E-state index contributed by atoms with van der Waals surface area (Å²) in [5, 5.41) is 10.3. The van der Waals surface area contributed by atoms with Gasteiger partial charge in [-0.2, -0.15) is 0 Å². The summed E-state index contributed by atoms with van der Waals surface area (Å²) in [6, 6.07) is 22.8. The van der Waals surface area contributed by atoms with Crippen LogP contribution in [0.2, 0.25) is 39.3 Å². The van der Waals surface area contributed by atoms with Gasteiger partial charge in [-0.25, -0.2) is 0 Å². The first-order valence-corrected chi connectivity index (χ1v) is 20.3. The van der Waals surface area contributed by atoms with Gasteiger partial charge >= 0.3 is 0 Å². The van der Waals surface area contributed by atoms with Gasteiger partial charge < -0.3 is 9.13 Å². The average molecular weight is 527 g/mol. The van der Waals surface area contributed by atoms with Crippen LogP contribution in [-0.4, -0.2) is 25.3 Å². The molecule has 6 aromatic rings. The van der Waals surface area contributed by atoms with E-state index in [2.05, 4.69) is 146 Å². The molecule has 2 aromatic heterocycles. The Morgan fingerprint density at radius 2 is 0.737 bits per heavy atom. The van der Waals surface area contributed by atoms with Crippen LogP contribution in [0.5, 0.6) is 0 Å². The highest BCUT2D eigenvalue weighted by atomic mass is 28.3. The SMILES string of the molecule is Cn1c(C#C[Si](C)(C)C)cc2c3ccc4c(ccc5c4ccc4c5cc(C#C[Si](C)(C)C)n4C)c3ccc21. The molecule has 0 unspecified atom stereocenters. The molecule has 4 aromatic carbocycles. The van der Waals surface area contributed by atoms with E-state index in [-0.39, 0.29) is 0 Å². The van der Waals surface area contributed by atoms with Crippen molar-refractivity contribution in [3.8, 4) is 22.9 Å². The summed E-state index contributed by atoms with van der Waals surface area (Å²) < 4.78 is 4.47. The van der Waals surface area contributed by atoms with Crippen LogP contribution < -0.4 is 0 Å². The van der Waals surface area contributed by atoms with Gasteiger partial charge in [0.2, 0.25) is 0 Å². The molecule has 38 heavy (non-hydrogen) atoms. The Hall–Kier alpha value is -3.71. The van der Waals surface area contributed by atoms with Crippen molar-refractivity contribution in [2.45, 2.75) is 39.3 Å². The maximum Gasteiger partial charge on any atom is 0.129 e. The fourth-order valence-corrected chi connectivity index (χ4v) is 6.43. The number of aryl methyl sites for hydroxylation is 2. The molecule has 0 fully saturated rings. The molecule has 0 saturated carbocycles. The molecular weight excluding hydrogens is 493 g/mol. The maximum absolute atomic E-state index is 3.53. The van der Waals surface area contributed by atoms with Crippen molar-refractivity contribution in [1.29, 1.82) is 0 Å². The van der Waals surface area contributed by atoms with E-state index in [9.17, 15) is 0 Å². The number of aromatic nitrogens is 2. The molecule has 4 heteroatoms. The van der Waals surface area contributed by atoms with Crippen LogP contribution in [0.15, 0.2) is 60.7 Å². The summed E-state index contributed by atoms with van der Waals surface area (Å²) in [5.74, 6) is 6.95. The van der Waals surface area contributed by atoms with Crippen molar-refractivity contribution >= 4 is 70.3 Å². The number of benzene rings is 4. The summed E-state index contributed by atoms with van der Waals surface area (Å²) in [4.78, 5) is 0. The van der Waals surface area contributed by atoms with Crippen LogP contribution in [0.3, 0.4) is 0 Å². The Labute approximate surface area is 227 Å². The van der Waals surface area contributed by atoms with Gasteiger partial charge in [-0.1, -0.05) is 87.5 Å². The second-order valence-corrected chi connectivity index (χ2v) is 22.1. The lowest BCUT2D eigenvalue weighted by atomic mass is 9.94. The fraction of sp³-hybridized carbons (Fsp3) is 0.235. The first-order chi connectivity index (χ1) is 17.9. The number of hydrogen-bond acceptors (Lipinski definition) is 0. The standard InChI is InChI=1S/C34H34N2Si2/c1-35-23(17-19-37(3,4)5)21-31-29-11-9-26-25(27(29)13-15-33(31)35)10-12-30-28(26)14-16-34-32(30)22-24(36(34)2)18-20-38(6,7)8/h9-16,21-22H,1-8H3. The van der Waals surface area contributed by atoms with Crippen molar-refractivity contribution in [1.82, 2.24) is 9.13 Å². The lowest BCUT2D eigenvalue weighted by molar-refractivity contribution is 0.951. The Morgan fingerprint density at radius 1 is 0.447 bits per heavy atom. The molecule has 0 atom stereocenters. The monoisotopic (exact) mass is 526 g/mol. The number of nitrogens with zero attached hydrogens (tertiary/aromatic N) is 2. The molecule has 0 bridgehead atoms. The lowest BCUT2D eigenvalue weighted by Gasteiger charge is -2.10. The minimum atomic E-state index is -1.44. The summed E-state index contributed by atoms with van der Waals surface area (Å²) in [7, 11) is 1.37. The van der Waals surface area contributed by atoms with Gasteiger partial charge in [-0.15, -0.1) is 11.1 Å². The van der Waals surface area contributed by atoms with Gasteiger partial charge in [-0.05, 0) is 56.6 Å². The molecular formula is C34H34N2Si2. The maximum atomic E-state index is 3.53. The summed E-state index contributed by atoms with van der Waals surface area (Å²) in [6.45, 7) is 13.7. The van der Waals surface area contributed by atoms with Crippen LogP contribution >= 0.6 is 0 Å². The van der Waals surface area contributed by atoms with Crippen LogP contribution in [0.4, 0.5) is 0 Å². The second-order valence-electron chi connectivity index (χ2n) is 12.6. The summed E-state index contributed by atoms with van der Waals surface area (Å²) in [6.07, 6.45) is 0. The summed E-state index contributed by atoms with van der Waals surface area (Å²) in [5.41, 5.74) is 11.7. The van der Waals surface area contributed by atoms with Crippen LogP contribution in [0, 0.1) is 22.9 Å². The molecule has 0 spiro atoms. The fourth-order valence-electron chi connectivity index (χ4n) is 5.42. The van der Waals surface area contributed by atoms with Crippen molar-refractivity contribution in [2.24, 2.45) is 14.1 Å². The van der Waals surface area contributed by atoms with E-state index in [1.807, 2.05) is 0 Å². The quantitative estimate of drug-likeness (QED) is 0.107. The second kappa shape index (κ2) is 8.40. The average Bonchev–Trinajstić information content (AvgIpc) is 3.36. The van der Waals surface area contributed by atoms with Crippen LogP contribution in [-0.2, 0) is 14.1 Å². The first kappa shape index (κ1) is 24.6. The van der Waals surface area contributed by atoms with Crippen molar-refractivity contribution in [3.63, 3.8) is 0 Å². The molecule has 6 rings (SSSR count). The molecule has 0 N–H and O–H groups in total. The third-order valence-electron chi connectivity index (χ3n) is 7.37. The zero-order valence-corrected chi connectivity index (χ0v) is 25.7. The lowest BCUT2D eigenvalue weighted by Crippen LogP contribution is -2.16. The Morgan fingerprint density at radius 3 is 1.05 bits per heavy atom. The predicted octanol–water partition coefficient (Wildman–Crippen LogP) is 8.59. The highest BCUT2D eigenvalue weighted by molar-refractivity contribution is 6.84. The molecule has 2 nitrogen and oxygen atoms in total. The topological polar surface area (TPSA) is 9.86 Å². The van der Waals surface area contributed by atoms with Crippen molar-refractivity contribution in [3.05, 3.63) is 72.1 Å². The molecule has 0 aliphatic heterocycles. The third kappa shape index (κ3) is 4.06. The highest BCUT2D eigenvalue weighted by Crippen LogP contribution is 2.38. The molecule has 0 amide bonds. The van der Waals surface area contributed by atoms with E-state index in [4.69, 9.17) is 0 Å². The van der Waals surface area contributed by atoms with Gasteiger partial charge in [-0.3, -0.25) is 0 Å². The third-order valence-corrected chi connectivity index (χ3v) is 9.12. The van der Waals surface area contributed by atoms with E-state index < -0.39 is 16.1 Å². The van der Waals surface area contributed by atoms with E-state index in [0.717, 1.165) is 11.4 Å². The number of fused-ring (bicyclic) bond motifs is 9. The van der Waals surface area contributed by atoms with E-state index >= 15 is 0 Å². The van der Waals surface area contributed by atoms with E-state index in [1.54, 1.807) is 0 Å². The van der Waals surface area contributed by atoms with Crippen LogP contribution in [0.1, 0.15) is 11.4 Å². The zero-order valence-electron chi connectivity index (χ0n) is 23.7. The van der Waals surface area contributed by atoms with Gasteiger partial charge in [0.05, 0.1) is 11.4 Å². The largest absolute Gasteiger partial charge is 0.337 e. The normalized spacial score (nSPS) is 12.3. The summed E-state index contributed by atoms with van der Waals surface area (Å²) >= 11 is 0. The number of rotatable bonds is 0. The first-order valence-electron chi connectivity index (χ1n) is 13.3. The van der Waals surface area contributed by atoms with Crippen LogP contribution in [0.25, 0.3) is 54.1 Å². The molecule has 2 heterocycles. The Balaban J connectivity index is 1.58. The molecule has 0 saturated heterocycles. The molecule has 0 aliphatic carbocycles. The molecule has 0 radical (unpaired) electrons. The van der Waals surface area contributed by atoms with Gasteiger partial charge in [0, 0.05) is 35.9 Å². The Bertz CT molecular complexity index is 1920. The van der Waals surface area contributed by atoms with Gasteiger partial charge in [0.25, 0.3) is 0 Å². The smallest absolute Gasteiger partial charge is 0.129 e. The highest BCUT2D eigenvalue weighted by Gasteiger charge is 2.15. The minimum Gasteiger partial charge on any atom is -0.337 e.